The molecule has 9 nitrogen and oxygen atoms in total. The fourth-order valence-corrected chi connectivity index (χ4v) is 4.53. The number of anilines is 2. The molecular formula is C18H19N7O2S. The van der Waals surface area contributed by atoms with Gasteiger partial charge in [0.25, 0.3) is 5.91 Å². The molecule has 1 fully saturated rings. The fraction of sp³-hybridized carbons (Fsp3) is 0.389. The molecule has 0 N–H and O–H groups in total. The molecule has 0 spiro atoms. The van der Waals surface area contributed by atoms with Crippen molar-refractivity contribution in [1.82, 2.24) is 24.5 Å². The Labute approximate surface area is 165 Å². The second-order valence-corrected chi connectivity index (χ2v) is 7.69. The Bertz CT molecular complexity index is 1030. The molecule has 3 aromatic rings. The van der Waals surface area contributed by atoms with E-state index < -0.39 is 5.54 Å². The zero-order valence-electron chi connectivity index (χ0n) is 15.6. The van der Waals surface area contributed by atoms with Gasteiger partial charge in [-0.05, 0) is 6.42 Å². The van der Waals surface area contributed by atoms with Crippen LogP contribution in [0.4, 0.5) is 11.5 Å². The Balaban J connectivity index is 1.65. The van der Waals surface area contributed by atoms with Gasteiger partial charge in [0.05, 0.1) is 19.4 Å². The quantitative estimate of drug-likeness (QED) is 0.665. The van der Waals surface area contributed by atoms with Gasteiger partial charge < -0.3 is 14.5 Å². The second-order valence-electron chi connectivity index (χ2n) is 6.79. The first kappa shape index (κ1) is 17.3. The predicted molar refractivity (Wildman–Crippen MR) is 105 cm³/mol. The van der Waals surface area contributed by atoms with Gasteiger partial charge in [-0.15, -0.1) is 11.3 Å². The number of aromatic nitrogens is 5. The molecule has 28 heavy (non-hydrogen) atoms. The van der Waals surface area contributed by atoms with Crippen LogP contribution in [0.2, 0.25) is 0 Å². The maximum Gasteiger partial charge on any atom is 0.255 e. The highest BCUT2D eigenvalue weighted by Gasteiger charge is 2.52. The lowest BCUT2D eigenvalue weighted by Crippen LogP contribution is -2.68. The van der Waals surface area contributed by atoms with Gasteiger partial charge in [0.15, 0.2) is 16.6 Å². The van der Waals surface area contributed by atoms with E-state index in [1.165, 1.54) is 11.3 Å². The van der Waals surface area contributed by atoms with E-state index in [-0.39, 0.29) is 5.91 Å². The van der Waals surface area contributed by atoms with Crippen LogP contribution in [0.3, 0.4) is 0 Å². The van der Waals surface area contributed by atoms with Crippen LogP contribution >= 0.6 is 11.3 Å². The van der Waals surface area contributed by atoms with Crippen molar-refractivity contribution < 1.29 is 9.53 Å². The van der Waals surface area contributed by atoms with Crippen molar-refractivity contribution in [1.29, 1.82) is 0 Å². The first-order valence-electron chi connectivity index (χ1n) is 9.10. The molecule has 0 aromatic carbocycles. The number of carbonyl (C=O) groups excluding carboxylic acids is 1. The molecule has 0 unspecified atom stereocenters. The van der Waals surface area contributed by atoms with Crippen molar-refractivity contribution in [3.63, 3.8) is 0 Å². The minimum Gasteiger partial charge on any atom is -0.377 e. The molecule has 1 saturated heterocycles. The number of rotatable bonds is 3. The van der Waals surface area contributed by atoms with Gasteiger partial charge in [-0.2, -0.15) is 4.98 Å². The van der Waals surface area contributed by atoms with E-state index in [2.05, 4.69) is 19.9 Å². The number of hydrogen-bond acceptors (Lipinski definition) is 8. The van der Waals surface area contributed by atoms with Crippen molar-refractivity contribution in [2.45, 2.75) is 18.9 Å². The highest BCUT2D eigenvalue weighted by Crippen LogP contribution is 2.41. The molecule has 5 rings (SSSR count). The van der Waals surface area contributed by atoms with Gasteiger partial charge in [-0.3, -0.25) is 9.36 Å². The van der Waals surface area contributed by atoms with Crippen molar-refractivity contribution >= 4 is 28.7 Å². The van der Waals surface area contributed by atoms with Crippen molar-refractivity contribution in [3.05, 3.63) is 30.2 Å². The van der Waals surface area contributed by atoms with Gasteiger partial charge in [0.1, 0.15) is 11.2 Å². The van der Waals surface area contributed by atoms with Crippen LogP contribution in [0, 0.1) is 0 Å². The molecule has 0 aliphatic carbocycles. The molecule has 0 bridgehead atoms. The summed E-state index contributed by atoms with van der Waals surface area (Å²) >= 11 is 1.51. The Morgan fingerprint density at radius 2 is 2.18 bits per heavy atom. The Morgan fingerprint density at radius 3 is 2.96 bits per heavy atom. The SMILES string of the molecule is CC[C@]12COCCN1c1nc(-n3ccnc3-c3nccs3)ncc1N(C)C2=O. The van der Waals surface area contributed by atoms with Gasteiger partial charge in [0, 0.05) is 37.6 Å². The van der Waals surface area contributed by atoms with Crippen LogP contribution in [-0.2, 0) is 9.53 Å². The third-order valence-electron chi connectivity index (χ3n) is 5.44. The Kier molecular flexibility index (Phi) is 3.91. The molecule has 144 valence electrons. The first-order valence-corrected chi connectivity index (χ1v) is 9.98. The molecular weight excluding hydrogens is 378 g/mol. The lowest BCUT2D eigenvalue weighted by Gasteiger charge is -2.51. The smallest absolute Gasteiger partial charge is 0.255 e. The normalized spacial score (nSPS) is 21.6. The standard InChI is InChI=1S/C18H19N7O2S/c1-3-18-11-27-8-7-25(18)13-12(23(2)16(18)26)10-21-17(22-13)24-6-4-19-14(24)15-20-5-9-28-15/h4-6,9-10H,3,7-8,11H2,1-2H3/t18-/m1/s1. The lowest BCUT2D eigenvalue weighted by atomic mass is 9.89. The molecule has 5 heterocycles. The van der Waals surface area contributed by atoms with Gasteiger partial charge >= 0.3 is 0 Å². The first-order chi connectivity index (χ1) is 13.7. The minimum atomic E-state index is -0.724. The van der Waals surface area contributed by atoms with E-state index in [0.29, 0.717) is 43.6 Å². The van der Waals surface area contributed by atoms with Crippen LogP contribution < -0.4 is 9.80 Å². The van der Waals surface area contributed by atoms with Crippen LogP contribution in [0.25, 0.3) is 16.8 Å². The zero-order chi connectivity index (χ0) is 19.3. The van der Waals surface area contributed by atoms with Gasteiger partial charge in [0.2, 0.25) is 5.95 Å². The average Bonchev–Trinajstić information content (AvgIpc) is 3.43. The highest BCUT2D eigenvalue weighted by atomic mass is 32.1. The number of hydrogen-bond donors (Lipinski definition) is 0. The van der Waals surface area contributed by atoms with E-state index in [9.17, 15) is 4.79 Å². The summed E-state index contributed by atoms with van der Waals surface area (Å²) in [4.78, 5) is 35.0. The summed E-state index contributed by atoms with van der Waals surface area (Å²) in [5, 5.41) is 2.71. The molecule has 10 heteroatoms. The van der Waals surface area contributed by atoms with Crippen molar-refractivity contribution in [3.8, 4) is 16.8 Å². The monoisotopic (exact) mass is 397 g/mol. The predicted octanol–water partition coefficient (Wildman–Crippen LogP) is 1.75. The number of thiazole rings is 1. The summed E-state index contributed by atoms with van der Waals surface area (Å²) in [6.07, 6.45) is 7.63. The minimum absolute atomic E-state index is 0.0182. The molecule has 2 aliphatic heterocycles. The van der Waals surface area contributed by atoms with E-state index >= 15 is 0 Å². The second kappa shape index (κ2) is 6.35. The number of fused-ring (bicyclic) bond motifs is 3. The van der Waals surface area contributed by atoms with Crippen LogP contribution in [0.5, 0.6) is 0 Å². The number of likely N-dealkylation sites (N-methyl/N-ethyl adjacent to an activating group) is 1. The summed E-state index contributed by atoms with van der Waals surface area (Å²) in [6.45, 7) is 3.55. The summed E-state index contributed by atoms with van der Waals surface area (Å²) in [7, 11) is 1.77. The van der Waals surface area contributed by atoms with Gasteiger partial charge in [-0.25, -0.2) is 15.0 Å². The third-order valence-corrected chi connectivity index (χ3v) is 6.21. The number of imidazole rings is 1. The highest BCUT2D eigenvalue weighted by molar-refractivity contribution is 7.13. The van der Waals surface area contributed by atoms with E-state index in [0.717, 1.165) is 10.8 Å². The average molecular weight is 397 g/mol. The summed E-state index contributed by atoms with van der Waals surface area (Å²) in [5.74, 6) is 1.96. The number of carbonyl (C=O) groups is 1. The lowest BCUT2D eigenvalue weighted by molar-refractivity contribution is -0.128. The summed E-state index contributed by atoms with van der Waals surface area (Å²) < 4.78 is 7.51. The number of ether oxygens (including phenoxy) is 1. The molecule has 0 saturated carbocycles. The maximum atomic E-state index is 13.1. The van der Waals surface area contributed by atoms with Crippen LogP contribution in [-0.4, -0.2) is 62.8 Å². The van der Waals surface area contributed by atoms with E-state index in [1.54, 1.807) is 30.5 Å². The Hall–Kier alpha value is -2.85. The number of morpholine rings is 1. The zero-order valence-corrected chi connectivity index (χ0v) is 16.4. The van der Waals surface area contributed by atoms with Crippen molar-refractivity contribution in [2.75, 3.05) is 36.6 Å². The van der Waals surface area contributed by atoms with Crippen molar-refractivity contribution in [2.24, 2.45) is 0 Å². The third kappa shape index (κ3) is 2.31. The molecule has 3 aromatic heterocycles. The molecule has 1 atom stereocenters. The number of nitrogens with zero attached hydrogens (tertiary/aromatic N) is 7. The largest absolute Gasteiger partial charge is 0.377 e. The molecule has 2 aliphatic rings. The Morgan fingerprint density at radius 1 is 1.29 bits per heavy atom. The number of amides is 1. The van der Waals surface area contributed by atoms with Crippen LogP contribution in [0.15, 0.2) is 30.2 Å². The molecule has 0 radical (unpaired) electrons. The molecule has 1 amide bonds. The topological polar surface area (TPSA) is 89.3 Å². The maximum absolute atomic E-state index is 13.1. The van der Waals surface area contributed by atoms with E-state index in [4.69, 9.17) is 9.72 Å². The fourth-order valence-electron chi connectivity index (χ4n) is 3.91. The van der Waals surface area contributed by atoms with Gasteiger partial charge in [-0.1, -0.05) is 6.92 Å². The summed E-state index contributed by atoms with van der Waals surface area (Å²) in [6, 6.07) is 0. The van der Waals surface area contributed by atoms with Crippen LogP contribution in [0.1, 0.15) is 13.3 Å². The van der Waals surface area contributed by atoms with E-state index in [1.807, 2.05) is 23.1 Å². The summed E-state index contributed by atoms with van der Waals surface area (Å²) in [5.41, 5.74) is -0.0192.